The van der Waals surface area contributed by atoms with Crippen LogP contribution in [0.2, 0.25) is 0 Å². The maximum Gasteiger partial charge on any atom is 0.409 e. The number of hydrogen-bond acceptors (Lipinski definition) is 24. The molecule has 4 saturated carbocycles. The second kappa shape index (κ2) is 32.3. The van der Waals surface area contributed by atoms with Gasteiger partial charge in [0.25, 0.3) is 27.8 Å². The molecule has 4 bridgehead atoms. The number of carbonyl (C=O) groups excluding carboxylic acids is 6. The SMILES string of the molecule is Cc1c(-c2ccc(N3CCc4cccc(C(=O)Nc5nc6ccccc6s5)c4C3)nc2C(=O)O)cnn1CC12CC3(C)CC(C)(C1)CC(OCCN(C)C(=O)OCc1ccc(O[C@@H]4O[C@H](C(=O)O)[C@H](O)[C@H](O)[C@@H]4O)cc1OCCOCCNC(=O)[C@H](CS(=O)(=O)O)NC(=O)CCCCCN1C(=O)C=CC1=O)(C3)C2. The molecule has 13 rings (SSSR count). The van der Waals surface area contributed by atoms with Crippen LogP contribution in [-0.2, 0) is 79.2 Å². The van der Waals surface area contributed by atoms with Crippen molar-refractivity contribution >= 4 is 90.2 Å². The van der Waals surface area contributed by atoms with E-state index in [0.29, 0.717) is 72.1 Å². The van der Waals surface area contributed by atoms with Crippen LogP contribution in [0.4, 0.5) is 15.7 Å². The summed E-state index contributed by atoms with van der Waals surface area (Å²) in [5.41, 5.74) is 4.29. The van der Waals surface area contributed by atoms with Crippen LogP contribution in [0, 0.1) is 23.2 Å². The van der Waals surface area contributed by atoms with Crippen molar-refractivity contribution in [2.24, 2.45) is 16.2 Å². The lowest BCUT2D eigenvalue weighted by atomic mass is 9.39. The van der Waals surface area contributed by atoms with Crippen LogP contribution >= 0.6 is 11.3 Å². The number of likely N-dealkylation sites (N-methyl/N-ethyl adjacent to an activating group) is 1. The molecule has 34 heteroatoms. The fraction of sp³-hybridized carbons (Fsp3) is 0.500. The van der Waals surface area contributed by atoms with E-state index in [1.807, 2.05) is 59.0 Å². The molecule has 3 aromatic carbocycles. The molecular formula is C74H88N10O22S2. The van der Waals surface area contributed by atoms with Crippen molar-refractivity contribution in [3.05, 3.63) is 125 Å². The van der Waals surface area contributed by atoms with Crippen LogP contribution < -0.4 is 30.3 Å². The van der Waals surface area contributed by atoms with E-state index in [1.165, 1.54) is 34.4 Å². The van der Waals surface area contributed by atoms with Crippen molar-refractivity contribution in [3.8, 4) is 22.6 Å². The highest BCUT2D eigenvalue weighted by atomic mass is 32.2. The van der Waals surface area contributed by atoms with Gasteiger partial charge in [0.1, 0.15) is 60.6 Å². The Morgan fingerprint density at radius 2 is 1.59 bits per heavy atom. The van der Waals surface area contributed by atoms with Crippen LogP contribution in [-0.4, -0.2) is 223 Å². The first-order chi connectivity index (χ1) is 51.4. The Hall–Kier alpha value is -9.52. The van der Waals surface area contributed by atoms with Gasteiger partial charge in [0.2, 0.25) is 18.1 Å². The van der Waals surface area contributed by atoms with Gasteiger partial charge in [-0.15, -0.1) is 0 Å². The second-order valence-electron chi connectivity index (χ2n) is 29.6. The Balaban J connectivity index is 0.646. The standard InChI is InChI=1S/C74H88N10O22S2/c1-43-49(47-18-19-55(79-59(47)66(93)94)82-25-22-44-11-10-12-48(50(44)33-82)64(91)80-69-78-51-13-7-8-14-54(51)107-69)32-76-84(43)42-73-37-71(2)36-72(3,38-73)40-74(39-71,41-73)104-28-26-81(4)70(97)103-34-45-16-17-46(105-68-62(90)60(88)61(89)63(106-68)67(95)96)31-53(45)102-30-29-101-27-23-75-65(92)52(35-108(98,99)100)77-56(85)15-6-5-9-24-83-57(86)20-21-58(83)87/h7-8,10-14,16-21,31-32,52,60-63,68,88-90H,5-6,9,15,22-30,33-42H2,1-4H3,(H,75,92)(H,77,85)(H,93,94)(H,95,96)(H,78,80,91)(H,98,99,100)/t52-,60-,61+,62-,63-,68+,71?,72?,73?,74?/m0/s1. The van der Waals surface area contributed by atoms with Gasteiger partial charge in [-0.25, -0.2) is 24.4 Å². The molecule has 9 N–H and O–H groups in total. The summed E-state index contributed by atoms with van der Waals surface area (Å²) in [6.45, 7) is 7.49. The zero-order valence-electron chi connectivity index (χ0n) is 60.1. The van der Waals surface area contributed by atoms with Crippen LogP contribution in [0.3, 0.4) is 0 Å². The van der Waals surface area contributed by atoms with Gasteiger partial charge >= 0.3 is 18.0 Å². The lowest BCUT2D eigenvalue weighted by Crippen LogP contribution is -2.64. The number of pyridine rings is 1. The largest absolute Gasteiger partial charge is 0.491 e. The minimum Gasteiger partial charge on any atom is -0.491 e. The van der Waals surface area contributed by atoms with Crippen LogP contribution in [0.5, 0.6) is 11.5 Å². The number of aromatic carboxylic acids is 1. The number of aliphatic hydroxyl groups is 3. The van der Waals surface area contributed by atoms with E-state index < -0.39 is 99.9 Å². The first-order valence-electron chi connectivity index (χ1n) is 35.7. The fourth-order valence-electron chi connectivity index (χ4n) is 17.0. The van der Waals surface area contributed by atoms with Crippen LogP contribution in [0.15, 0.2) is 91.1 Å². The summed E-state index contributed by atoms with van der Waals surface area (Å²) in [5, 5.41) is 65.0. The van der Waals surface area contributed by atoms with Gasteiger partial charge in [-0.2, -0.15) is 13.5 Å². The highest BCUT2D eigenvalue weighted by Crippen LogP contribution is 2.72. The number of aliphatic hydroxyl groups excluding tert-OH is 3. The van der Waals surface area contributed by atoms with Crippen molar-refractivity contribution < 1.29 is 105 Å². The number of rotatable bonds is 33. The summed E-state index contributed by atoms with van der Waals surface area (Å²) in [6, 6.07) is 19.5. The highest BCUT2D eigenvalue weighted by Gasteiger charge is 2.66. The molecule has 6 aromatic rings. The third-order valence-electron chi connectivity index (χ3n) is 20.8. The summed E-state index contributed by atoms with van der Waals surface area (Å²) in [4.78, 5) is 116. The molecule has 32 nitrogen and oxygen atoms in total. The smallest absolute Gasteiger partial charge is 0.409 e. The number of hydrogen-bond donors (Lipinski definition) is 9. The number of carboxylic acid groups (broad SMARTS) is 2. The van der Waals surface area contributed by atoms with Crippen molar-refractivity contribution in [1.29, 1.82) is 0 Å². The number of unbranched alkanes of at least 4 members (excludes halogenated alkanes) is 2. The monoisotopic (exact) mass is 1530 g/mol. The van der Waals surface area contributed by atoms with E-state index >= 15 is 0 Å². The molecule has 4 aliphatic carbocycles. The third-order valence-corrected chi connectivity index (χ3v) is 22.5. The van der Waals surface area contributed by atoms with E-state index in [4.69, 9.17) is 38.5 Å². The van der Waals surface area contributed by atoms with E-state index in [0.717, 1.165) is 82.6 Å². The number of amides is 6. The predicted octanol–water partition coefficient (Wildman–Crippen LogP) is 5.42. The van der Waals surface area contributed by atoms with E-state index in [-0.39, 0.29) is 105 Å². The topological polar surface area (TPSA) is 437 Å². The predicted molar refractivity (Wildman–Crippen MR) is 387 cm³/mol. The number of fused-ring (bicyclic) bond motifs is 2. The fourth-order valence-corrected chi connectivity index (χ4v) is 18.6. The second-order valence-corrected chi connectivity index (χ2v) is 32.2. The Kier molecular flexibility index (Phi) is 23.4. The normalized spacial score (nSPS) is 24.5. The number of para-hydroxylation sites is 1. The molecule has 6 amide bonds. The first-order valence-corrected chi connectivity index (χ1v) is 38.1. The molecule has 578 valence electrons. The Bertz CT molecular complexity index is 4520. The Morgan fingerprint density at radius 1 is 0.833 bits per heavy atom. The molecule has 108 heavy (non-hydrogen) atoms. The molecule has 3 aromatic heterocycles. The minimum atomic E-state index is -4.75. The number of carboxylic acids is 2. The number of aromatic nitrogens is 4. The van der Waals surface area contributed by atoms with Gasteiger partial charge < -0.3 is 74.4 Å². The number of nitrogens with zero attached hydrogens (tertiary/aromatic N) is 7. The van der Waals surface area contributed by atoms with E-state index in [9.17, 15) is 76.9 Å². The Morgan fingerprint density at radius 3 is 2.32 bits per heavy atom. The van der Waals surface area contributed by atoms with E-state index in [2.05, 4.69) is 34.8 Å². The number of anilines is 2. The highest BCUT2D eigenvalue weighted by molar-refractivity contribution is 7.85. The molecule has 6 heterocycles. The summed E-state index contributed by atoms with van der Waals surface area (Å²) in [7, 11) is -3.17. The molecule has 5 fully saturated rings. The number of thiazole rings is 1. The van der Waals surface area contributed by atoms with E-state index in [1.54, 1.807) is 25.4 Å². The number of benzene rings is 3. The molecule has 2 unspecified atom stereocenters. The lowest BCUT2D eigenvalue weighted by molar-refractivity contribution is -0.271. The van der Waals surface area contributed by atoms with Gasteiger partial charge in [0.15, 0.2) is 16.9 Å². The summed E-state index contributed by atoms with van der Waals surface area (Å²) >= 11 is 1.40. The number of nitrogens with one attached hydrogen (secondary N) is 3. The third kappa shape index (κ3) is 18.1. The quantitative estimate of drug-likeness (QED) is 0.0141. The van der Waals surface area contributed by atoms with Crippen LogP contribution in [0.1, 0.15) is 121 Å². The molecule has 1 saturated heterocycles. The molecule has 8 atom stereocenters. The van der Waals surface area contributed by atoms with Gasteiger partial charge in [-0.05, 0) is 135 Å². The van der Waals surface area contributed by atoms with Crippen LogP contribution in [0.25, 0.3) is 21.3 Å². The molecular weight excluding hydrogens is 1440 g/mol. The minimum absolute atomic E-state index is 0.0547. The molecule has 0 spiro atoms. The van der Waals surface area contributed by atoms with Gasteiger partial charge in [-0.3, -0.25) is 43.4 Å². The number of ether oxygens (including phenoxy) is 6. The van der Waals surface area contributed by atoms with Crippen molar-refractivity contribution in [3.63, 3.8) is 0 Å². The Labute approximate surface area is 625 Å². The molecule has 0 radical (unpaired) electrons. The average molecular weight is 1530 g/mol. The number of imide groups is 1. The zero-order valence-corrected chi connectivity index (χ0v) is 61.7. The summed E-state index contributed by atoms with van der Waals surface area (Å²) < 4.78 is 71.7. The van der Waals surface area contributed by atoms with Gasteiger partial charge in [0.05, 0.1) is 41.8 Å². The maximum absolute atomic E-state index is 13.8. The lowest BCUT2D eigenvalue weighted by Gasteiger charge is -2.69. The molecule has 7 aliphatic rings. The van der Waals surface area contributed by atoms with Crippen molar-refractivity contribution in [2.45, 2.75) is 153 Å². The number of carbonyl (C=O) groups is 8. The molecule has 3 aliphatic heterocycles. The van der Waals surface area contributed by atoms with Crippen molar-refractivity contribution in [1.82, 2.24) is 40.2 Å². The zero-order chi connectivity index (χ0) is 77.0. The summed E-state index contributed by atoms with van der Waals surface area (Å²) in [5.74, 6) is -6.26. The number of aliphatic carboxylic acids is 1. The van der Waals surface area contributed by atoms with Crippen molar-refractivity contribution in [2.75, 3.05) is 75.6 Å². The average Bonchev–Trinajstić information content (AvgIpc) is 0.757. The van der Waals surface area contributed by atoms with Gasteiger partial charge in [-0.1, -0.05) is 55.9 Å². The maximum atomic E-state index is 13.8. The van der Waals surface area contributed by atoms with Gasteiger partial charge in [0, 0.05) is 98.9 Å². The first kappa shape index (κ1) is 78.1. The summed E-state index contributed by atoms with van der Waals surface area (Å²) in [6.07, 6.45) is 0.559.